The Bertz CT molecular complexity index is 415. The number of hydrogen-bond donors (Lipinski definition) is 2. The number of nitrogens with one attached hydrogen (secondary N) is 1. The number of carbonyl (C=O) groups is 1. The lowest BCUT2D eigenvalue weighted by Crippen LogP contribution is -2.41. The molecule has 1 aromatic rings. The Kier molecular flexibility index (Phi) is 4.20. The topological polar surface area (TPSA) is 58.6 Å². The molecule has 18 heavy (non-hydrogen) atoms. The third-order valence-corrected chi connectivity index (χ3v) is 3.33. The lowest BCUT2D eigenvalue weighted by molar-refractivity contribution is -0.124. The van der Waals surface area contributed by atoms with Crippen LogP contribution in [0.15, 0.2) is 24.3 Å². The summed E-state index contributed by atoms with van der Waals surface area (Å²) < 4.78 is 5.53. The van der Waals surface area contributed by atoms with Crippen LogP contribution >= 0.6 is 0 Å². The molecule has 98 valence electrons. The highest BCUT2D eigenvalue weighted by atomic mass is 16.5. The molecule has 2 atom stereocenters. The van der Waals surface area contributed by atoms with E-state index in [9.17, 15) is 4.79 Å². The van der Waals surface area contributed by atoms with Crippen molar-refractivity contribution in [2.75, 3.05) is 13.2 Å². The normalized spacial score (nSPS) is 19.6. The van der Waals surface area contributed by atoms with Gasteiger partial charge in [-0.2, -0.15) is 0 Å². The summed E-state index contributed by atoms with van der Waals surface area (Å²) in [5.74, 6) is 0.600. The molecule has 0 saturated carbocycles. The molecule has 1 heterocycles. The van der Waals surface area contributed by atoms with E-state index in [0.717, 1.165) is 17.7 Å². The molecule has 1 amide bonds. The van der Waals surface area contributed by atoms with Crippen LogP contribution in [0.5, 0.6) is 5.75 Å². The zero-order chi connectivity index (χ0) is 13.0. The minimum Gasteiger partial charge on any atom is -0.493 e. The van der Waals surface area contributed by atoms with Gasteiger partial charge in [-0.05, 0) is 18.9 Å². The van der Waals surface area contributed by atoms with Crippen molar-refractivity contribution in [2.45, 2.75) is 31.7 Å². The second-order valence-corrected chi connectivity index (χ2v) is 4.52. The van der Waals surface area contributed by atoms with Crippen molar-refractivity contribution in [3.05, 3.63) is 29.8 Å². The van der Waals surface area contributed by atoms with Crippen LogP contribution in [0.25, 0.3) is 0 Å². The van der Waals surface area contributed by atoms with Crippen LogP contribution in [0.2, 0.25) is 0 Å². The Morgan fingerprint density at radius 2 is 2.33 bits per heavy atom. The fraction of sp³-hybridized carbons (Fsp3) is 0.500. The van der Waals surface area contributed by atoms with Crippen LogP contribution in [-0.4, -0.2) is 30.3 Å². The van der Waals surface area contributed by atoms with Crippen LogP contribution < -0.4 is 10.1 Å². The molecule has 0 spiro atoms. The Morgan fingerprint density at radius 3 is 3.06 bits per heavy atom. The molecule has 0 fully saturated rings. The van der Waals surface area contributed by atoms with E-state index in [1.54, 1.807) is 0 Å². The molecule has 1 aromatic carbocycles. The molecule has 2 rings (SSSR count). The van der Waals surface area contributed by atoms with Crippen LogP contribution in [0.1, 0.15) is 31.2 Å². The molecule has 0 aromatic heterocycles. The SMILES string of the molecule is CCC(CO)NC(=O)C1CCOc2ccccc21. The third-order valence-electron chi connectivity index (χ3n) is 3.33. The van der Waals surface area contributed by atoms with Gasteiger partial charge in [-0.25, -0.2) is 0 Å². The highest BCUT2D eigenvalue weighted by Crippen LogP contribution is 2.33. The van der Waals surface area contributed by atoms with Crippen molar-refractivity contribution in [1.29, 1.82) is 0 Å². The Balaban J connectivity index is 2.12. The first-order valence-corrected chi connectivity index (χ1v) is 6.39. The van der Waals surface area contributed by atoms with Gasteiger partial charge in [0, 0.05) is 5.56 Å². The first kappa shape index (κ1) is 12.9. The van der Waals surface area contributed by atoms with E-state index in [1.807, 2.05) is 31.2 Å². The summed E-state index contributed by atoms with van der Waals surface area (Å²) in [4.78, 5) is 12.2. The number of aliphatic hydroxyl groups is 1. The van der Waals surface area contributed by atoms with Crippen molar-refractivity contribution >= 4 is 5.91 Å². The molecule has 0 radical (unpaired) electrons. The average molecular weight is 249 g/mol. The Morgan fingerprint density at radius 1 is 1.56 bits per heavy atom. The van der Waals surface area contributed by atoms with Crippen molar-refractivity contribution in [1.82, 2.24) is 5.32 Å². The first-order valence-electron chi connectivity index (χ1n) is 6.39. The van der Waals surface area contributed by atoms with E-state index < -0.39 is 0 Å². The number of aliphatic hydroxyl groups excluding tert-OH is 1. The smallest absolute Gasteiger partial charge is 0.228 e. The minimum atomic E-state index is -0.171. The lowest BCUT2D eigenvalue weighted by atomic mass is 9.92. The maximum atomic E-state index is 12.2. The summed E-state index contributed by atoms with van der Waals surface area (Å²) >= 11 is 0. The minimum absolute atomic E-state index is 0.0207. The number of hydrogen-bond acceptors (Lipinski definition) is 3. The van der Waals surface area contributed by atoms with Gasteiger partial charge in [0.2, 0.25) is 5.91 Å². The second kappa shape index (κ2) is 5.87. The molecule has 2 unspecified atom stereocenters. The van der Waals surface area contributed by atoms with Crippen LogP contribution in [-0.2, 0) is 4.79 Å². The van der Waals surface area contributed by atoms with E-state index in [0.29, 0.717) is 13.0 Å². The molecule has 4 nitrogen and oxygen atoms in total. The number of carbonyl (C=O) groups excluding carboxylic acids is 1. The maximum Gasteiger partial charge on any atom is 0.228 e. The summed E-state index contributed by atoms with van der Waals surface area (Å²) in [7, 11) is 0. The van der Waals surface area contributed by atoms with E-state index in [1.165, 1.54) is 0 Å². The van der Waals surface area contributed by atoms with Gasteiger partial charge in [-0.3, -0.25) is 4.79 Å². The van der Waals surface area contributed by atoms with Gasteiger partial charge < -0.3 is 15.2 Å². The molecular formula is C14H19NO3. The van der Waals surface area contributed by atoms with Crippen molar-refractivity contribution in [3.8, 4) is 5.75 Å². The van der Waals surface area contributed by atoms with Gasteiger partial charge in [0.15, 0.2) is 0 Å². The fourth-order valence-electron chi connectivity index (χ4n) is 2.19. The largest absolute Gasteiger partial charge is 0.493 e. The first-order chi connectivity index (χ1) is 8.76. The maximum absolute atomic E-state index is 12.2. The zero-order valence-corrected chi connectivity index (χ0v) is 10.6. The predicted octanol–water partition coefficient (Wildman–Crippen LogP) is 1.44. The fourth-order valence-corrected chi connectivity index (χ4v) is 2.19. The second-order valence-electron chi connectivity index (χ2n) is 4.52. The molecule has 1 aliphatic heterocycles. The average Bonchev–Trinajstić information content (AvgIpc) is 2.43. The molecule has 4 heteroatoms. The summed E-state index contributed by atoms with van der Waals surface area (Å²) in [6.07, 6.45) is 1.41. The Labute approximate surface area is 107 Å². The van der Waals surface area contributed by atoms with Gasteiger partial charge >= 0.3 is 0 Å². The number of benzene rings is 1. The number of fused-ring (bicyclic) bond motifs is 1. The quantitative estimate of drug-likeness (QED) is 0.849. The summed E-state index contributed by atoms with van der Waals surface area (Å²) in [5.41, 5.74) is 0.939. The monoisotopic (exact) mass is 249 g/mol. The van der Waals surface area contributed by atoms with Gasteiger partial charge in [0.25, 0.3) is 0 Å². The zero-order valence-electron chi connectivity index (χ0n) is 10.6. The number of amides is 1. The molecular weight excluding hydrogens is 230 g/mol. The predicted molar refractivity (Wildman–Crippen MR) is 68.6 cm³/mol. The Hall–Kier alpha value is -1.55. The van der Waals surface area contributed by atoms with Crippen molar-refractivity contribution < 1.29 is 14.6 Å². The van der Waals surface area contributed by atoms with Gasteiger partial charge in [-0.15, -0.1) is 0 Å². The van der Waals surface area contributed by atoms with E-state index in [-0.39, 0.29) is 24.5 Å². The summed E-state index contributed by atoms with van der Waals surface area (Å²) in [5, 5.41) is 12.0. The molecule has 0 bridgehead atoms. The van der Waals surface area contributed by atoms with E-state index >= 15 is 0 Å². The van der Waals surface area contributed by atoms with Gasteiger partial charge in [0.1, 0.15) is 5.75 Å². The molecule has 1 aliphatic rings. The molecule has 0 aliphatic carbocycles. The van der Waals surface area contributed by atoms with E-state index in [2.05, 4.69) is 5.32 Å². The number of ether oxygens (including phenoxy) is 1. The van der Waals surface area contributed by atoms with Crippen molar-refractivity contribution in [2.24, 2.45) is 0 Å². The molecule has 0 saturated heterocycles. The standard InChI is InChI=1S/C14H19NO3/c1-2-10(9-16)15-14(17)12-7-8-18-13-6-4-3-5-11(12)13/h3-6,10,12,16H,2,7-9H2,1H3,(H,15,17). The van der Waals surface area contributed by atoms with Crippen LogP contribution in [0, 0.1) is 0 Å². The van der Waals surface area contributed by atoms with Crippen molar-refractivity contribution in [3.63, 3.8) is 0 Å². The van der Waals surface area contributed by atoms with Crippen LogP contribution in [0.3, 0.4) is 0 Å². The van der Waals surface area contributed by atoms with Crippen LogP contribution in [0.4, 0.5) is 0 Å². The summed E-state index contributed by atoms with van der Waals surface area (Å²) in [6.45, 7) is 2.48. The number of rotatable bonds is 4. The van der Waals surface area contributed by atoms with E-state index in [4.69, 9.17) is 9.84 Å². The van der Waals surface area contributed by atoms with Gasteiger partial charge in [0.05, 0.1) is 25.2 Å². The highest BCUT2D eigenvalue weighted by Gasteiger charge is 2.28. The molecule has 2 N–H and O–H groups in total. The number of para-hydroxylation sites is 1. The third kappa shape index (κ3) is 2.64. The lowest BCUT2D eigenvalue weighted by Gasteiger charge is -2.26. The summed E-state index contributed by atoms with van der Waals surface area (Å²) in [6, 6.07) is 7.47. The van der Waals surface area contributed by atoms with Gasteiger partial charge in [-0.1, -0.05) is 25.1 Å². The highest BCUT2D eigenvalue weighted by molar-refractivity contribution is 5.85.